The Hall–Kier alpha value is -2.28. The van der Waals surface area contributed by atoms with Gasteiger partial charge in [0.25, 0.3) is 0 Å². The molecule has 1 aliphatic heterocycles. The molecule has 0 spiro atoms. The molecule has 2 N–H and O–H groups in total. The third kappa shape index (κ3) is 5.88. The first-order valence-corrected chi connectivity index (χ1v) is 11.3. The molecule has 1 aromatic rings. The molecule has 0 bridgehead atoms. The number of nitrogens with one attached hydrogen (secondary N) is 2. The molecule has 2 fully saturated rings. The van der Waals surface area contributed by atoms with Crippen molar-refractivity contribution >= 4 is 11.9 Å². The van der Waals surface area contributed by atoms with E-state index in [1.165, 1.54) is 12.8 Å². The van der Waals surface area contributed by atoms with Crippen LogP contribution in [-0.4, -0.2) is 66.6 Å². The van der Waals surface area contributed by atoms with Crippen molar-refractivity contribution in [2.24, 2.45) is 0 Å². The highest BCUT2D eigenvalue weighted by atomic mass is 16.5. The monoisotopic (exact) mass is 416 g/mol. The highest BCUT2D eigenvalue weighted by Crippen LogP contribution is 2.19. The first kappa shape index (κ1) is 22.4. The number of hydrogen-bond donors (Lipinski definition) is 2. The summed E-state index contributed by atoms with van der Waals surface area (Å²) in [6, 6.07) is 7.88. The van der Waals surface area contributed by atoms with Gasteiger partial charge in [0.2, 0.25) is 5.91 Å². The van der Waals surface area contributed by atoms with E-state index in [2.05, 4.69) is 15.5 Å². The third-order valence-electron chi connectivity index (χ3n) is 6.26. The average molecular weight is 417 g/mol. The number of rotatable bonds is 7. The topological polar surface area (TPSA) is 73.9 Å². The zero-order chi connectivity index (χ0) is 21.5. The second-order valence-corrected chi connectivity index (χ2v) is 8.36. The number of hydrogen-bond acceptors (Lipinski definition) is 4. The summed E-state index contributed by atoms with van der Waals surface area (Å²) in [4.78, 5) is 29.2. The zero-order valence-electron chi connectivity index (χ0n) is 18.5. The molecule has 1 saturated heterocycles. The summed E-state index contributed by atoms with van der Waals surface area (Å²) in [5.74, 6) is 0.950. The largest absolute Gasteiger partial charge is 0.494 e. The quantitative estimate of drug-likeness (QED) is 0.717. The number of piperazine rings is 1. The minimum Gasteiger partial charge on any atom is -0.494 e. The number of benzene rings is 1. The van der Waals surface area contributed by atoms with Crippen LogP contribution >= 0.6 is 0 Å². The van der Waals surface area contributed by atoms with Crippen molar-refractivity contribution in [1.82, 2.24) is 20.4 Å². The normalized spacial score (nSPS) is 19.9. The molecule has 7 nitrogen and oxygen atoms in total. The van der Waals surface area contributed by atoms with Crippen LogP contribution < -0.4 is 15.4 Å². The lowest BCUT2D eigenvalue weighted by Gasteiger charge is -2.38. The molecule has 2 atom stereocenters. The van der Waals surface area contributed by atoms with Gasteiger partial charge in [-0.2, -0.15) is 0 Å². The standard InChI is InChI=1S/C23H36N4O3/c1-4-30-21-11-9-19(10-12-21)17(2)24-23(29)27-15-13-26(14-16-27)18(3)22(28)25-20-7-5-6-8-20/h9-12,17-18,20H,4-8,13-16H2,1-3H3,(H,24,29)(H,25,28). The number of urea groups is 1. The van der Waals surface area contributed by atoms with Crippen LogP contribution in [0.4, 0.5) is 4.79 Å². The van der Waals surface area contributed by atoms with Gasteiger partial charge < -0.3 is 20.3 Å². The van der Waals surface area contributed by atoms with Crippen molar-refractivity contribution in [3.63, 3.8) is 0 Å². The summed E-state index contributed by atoms with van der Waals surface area (Å²) < 4.78 is 5.47. The SMILES string of the molecule is CCOc1ccc(C(C)NC(=O)N2CCN(C(C)C(=O)NC3CCCC3)CC2)cc1. The van der Waals surface area contributed by atoms with Gasteiger partial charge in [-0.1, -0.05) is 25.0 Å². The van der Waals surface area contributed by atoms with E-state index in [-0.39, 0.29) is 24.0 Å². The van der Waals surface area contributed by atoms with Crippen LogP contribution in [0.25, 0.3) is 0 Å². The van der Waals surface area contributed by atoms with Crippen LogP contribution in [0.3, 0.4) is 0 Å². The lowest BCUT2D eigenvalue weighted by molar-refractivity contribution is -0.127. The maximum Gasteiger partial charge on any atom is 0.317 e. The Morgan fingerprint density at radius 3 is 2.30 bits per heavy atom. The molecule has 1 aliphatic carbocycles. The van der Waals surface area contributed by atoms with Crippen LogP contribution in [0.1, 0.15) is 58.1 Å². The maximum atomic E-state index is 12.7. The summed E-state index contributed by atoms with van der Waals surface area (Å²) in [7, 11) is 0. The summed E-state index contributed by atoms with van der Waals surface area (Å²) in [5.41, 5.74) is 1.04. The first-order valence-electron chi connectivity index (χ1n) is 11.3. The number of carbonyl (C=O) groups is 2. The zero-order valence-corrected chi connectivity index (χ0v) is 18.5. The average Bonchev–Trinajstić information content (AvgIpc) is 3.27. The van der Waals surface area contributed by atoms with Gasteiger partial charge in [-0.05, 0) is 51.3 Å². The van der Waals surface area contributed by atoms with E-state index in [1.54, 1.807) is 0 Å². The number of amides is 3. The Morgan fingerprint density at radius 1 is 1.07 bits per heavy atom. The minimum absolute atomic E-state index is 0.0564. The highest BCUT2D eigenvalue weighted by Gasteiger charge is 2.29. The smallest absolute Gasteiger partial charge is 0.317 e. The van der Waals surface area contributed by atoms with Gasteiger partial charge in [-0.15, -0.1) is 0 Å². The molecular formula is C23H36N4O3. The Morgan fingerprint density at radius 2 is 1.70 bits per heavy atom. The van der Waals surface area contributed by atoms with E-state index in [0.717, 1.165) is 24.2 Å². The Balaban J connectivity index is 1.43. The van der Waals surface area contributed by atoms with Crippen molar-refractivity contribution in [3.8, 4) is 5.75 Å². The van der Waals surface area contributed by atoms with Crippen LogP contribution in [0.5, 0.6) is 5.75 Å². The molecule has 1 saturated carbocycles. The number of carbonyl (C=O) groups excluding carboxylic acids is 2. The summed E-state index contributed by atoms with van der Waals surface area (Å²) in [6.45, 7) is 9.23. The summed E-state index contributed by atoms with van der Waals surface area (Å²) in [5, 5.41) is 6.26. The molecule has 3 amide bonds. The van der Waals surface area contributed by atoms with Crippen molar-refractivity contribution in [1.29, 1.82) is 0 Å². The molecule has 0 aromatic heterocycles. The minimum atomic E-state index is -0.154. The fourth-order valence-corrected chi connectivity index (χ4v) is 4.25. The number of ether oxygens (including phenoxy) is 1. The van der Waals surface area contributed by atoms with Crippen LogP contribution in [0.15, 0.2) is 24.3 Å². The Kier molecular flexibility index (Phi) is 7.96. The second kappa shape index (κ2) is 10.7. The van der Waals surface area contributed by atoms with Gasteiger partial charge in [0.05, 0.1) is 18.7 Å². The molecule has 2 aliphatic rings. The van der Waals surface area contributed by atoms with E-state index in [9.17, 15) is 9.59 Å². The lowest BCUT2D eigenvalue weighted by Crippen LogP contribution is -2.57. The molecule has 0 radical (unpaired) electrons. The van der Waals surface area contributed by atoms with E-state index >= 15 is 0 Å². The molecule has 1 aromatic carbocycles. The van der Waals surface area contributed by atoms with Crippen LogP contribution in [-0.2, 0) is 4.79 Å². The molecule has 30 heavy (non-hydrogen) atoms. The fraction of sp³-hybridized carbons (Fsp3) is 0.652. The van der Waals surface area contributed by atoms with Crippen molar-refractivity contribution < 1.29 is 14.3 Å². The Labute approximate surface area is 180 Å². The van der Waals surface area contributed by atoms with Gasteiger partial charge in [0.15, 0.2) is 0 Å². The van der Waals surface area contributed by atoms with E-state index in [1.807, 2.05) is 49.9 Å². The second-order valence-electron chi connectivity index (χ2n) is 8.36. The molecule has 2 unspecified atom stereocenters. The summed E-state index contributed by atoms with van der Waals surface area (Å²) >= 11 is 0. The highest BCUT2D eigenvalue weighted by molar-refractivity contribution is 5.81. The van der Waals surface area contributed by atoms with Gasteiger partial charge in [-0.3, -0.25) is 9.69 Å². The van der Waals surface area contributed by atoms with Crippen molar-refractivity contribution in [2.45, 2.75) is 64.6 Å². The van der Waals surface area contributed by atoms with Crippen molar-refractivity contribution in [2.75, 3.05) is 32.8 Å². The number of nitrogens with zero attached hydrogens (tertiary/aromatic N) is 2. The third-order valence-corrected chi connectivity index (χ3v) is 6.26. The first-order chi connectivity index (χ1) is 14.5. The van der Waals surface area contributed by atoms with Crippen LogP contribution in [0, 0.1) is 0 Å². The fourth-order valence-electron chi connectivity index (χ4n) is 4.25. The van der Waals surface area contributed by atoms with Gasteiger partial charge in [-0.25, -0.2) is 4.79 Å². The van der Waals surface area contributed by atoms with Gasteiger partial charge in [0, 0.05) is 32.2 Å². The van der Waals surface area contributed by atoms with E-state index < -0.39 is 0 Å². The van der Waals surface area contributed by atoms with Crippen molar-refractivity contribution in [3.05, 3.63) is 29.8 Å². The van der Waals surface area contributed by atoms with Crippen LogP contribution in [0.2, 0.25) is 0 Å². The maximum absolute atomic E-state index is 12.7. The lowest BCUT2D eigenvalue weighted by atomic mass is 10.1. The molecule has 3 rings (SSSR count). The van der Waals surface area contributed by atoms with Gasteiger partial charge >= 0.3 is 6.03 Å². The van der Waals surface area contributed by atoms with Gasteiger partial charge in [0.1, 0.15) is 5.75 Å². The molecule has 7 heteroatoms. The predicted molar refractivity (Wildman–Crippen MR) is 118 cm³/mol. The molecule has 166 valence electrons. The Bertz CT molecular complexity index is 695. The summed E-state index contributed by atoms with van der Waals surface area (Å²) in [6.07, 6.45) is 4.61. The van der Waals surface area contributed by atoms with E-state index in [4.69, 9.17) is 4.74 Å². The predicted octanol–water partition coefficient (Wildman–Crippen LogP) is 2.92. The molecular weight excluding hydrogens is 380 g/mol. The van der Waals surface area contributed by atoms with E-state index in [0.29, 0.717) is 38.8 Å². The molecule has 1 heterocycles.